The highest BCUT2D eigenvalue weighted by Gasteiger charge is 2.19. The summed E-state index contributed by atoms with van der Waals surface area (Å²) in [6.45, 7) is 1.49. The van der Waals surface area contributed by atoms with Crippen LogP contribution in [0.5, 0.6) is 5.75 Å². The summed E-state index contributed by atoms with van der Waals surface area (Å²) in [5, 5.41) is 15.4. The lowest BCUT2D eigenvalue weighted by Crippen LogP contribution is -2.35. The lowest BCUT2D eigenvalue weighted by Gasteiger charge is -2.11. The number of aromatic hydroxyl groups is 1. The van der Waals surface area contributed by atoms with E-state index >= 15 is 0 Å². The second-order valence-corrected chi connectivity index (χ2v) is 4.10. The summed E-state index contributed by atoms with van der Waals surface area (Å²) in [5.74, 6) is 0.428. The maximum Gasteiger partial charge on any atom is 0.220 e. The van der Waals surface area contributed by atoms with Crippen molar-refractivity contribution in [1.29, 1.82) is 0 Å². The smallest absolute Gasteiger partial charge is 0.220 e. The highest BCUT2D eigenvalue weighted by atomic mass is 16.3. The van der Waals surface area contributed by atoms with Crippen molar-refractivity contribution in [2.45, 2.75) is 25.4 Å². The Morgan fingerprint density at radius 1 is 1.50 bits per heavy atom. The molecule has 1 aliphatic rings. The Labute approximate surface area is 94.7 Å². The summed E-state index contributed by atoms with van der Waals surface area (Å²) in [5.41, 5.74) is 1.05. The summed E-state index contributed by atoms with van der Waals surface area (Å²) >= 11 is 0. The summed E-state index contributed by atoms with van der Waals surface area (Å²) in [6, 6.07) is 7.43. The molecular weight excluding hydrogens is 204 g/mol. The van der Waals surface area contributed by atoms with Crippen molar-refractivity contribution in [2.75, 3.05) is 6.54 Å². The van der Waals surface area contributed by atoms with E-state index in [1.54, 1.807) is 12.1 Å². The maximum absolute atomic E-state index is 11.0. The number of carbonyl (C=O) groups is 1. The molecule has 1 saturated heterocycles. The Kier molecular flexibility index (Phi) is 3.41. The van der Waals surface area contributed by atoms with E-state index < -0.39 is 0 Å². The first kappa shape index (κ1) is 11.0. The average molecular weight is 220 g/mol. The standard InChI is InChI=1S/C12H16N2O2/c15-11-3-1-2-9(6-11)7-13-8-10-4-5-12(16)14-10/h1-3,6,10,13,15H,4-5,7-8H2,(H,14,16). The van der Waals surface area contributed by atoms with Crippen molar-refractivity contribution >= 4 is 5.91 Å². The minimum absolute atomic E-state index is 0.143. The largest absolute Gasteiger partial charge is 0.508 e. The van der Waals surface area contributed by atoms with Gasteiger partial charge in [-0.3, -0.25) is 4.79 Å². The van der Waals surface area contributed by atoms with Gasteiger partial charge in [-0.25, -0.2) is 0 Å². The fourth-order valence-electron chi connectivity index (χ4n) is 1.89. The molecule has 1 aliphatic heterocycles. The molecule has 4 heteroatoms. The van der Waals surface area contributed by atoms with Crippen LogP contribution >= 0.6 is 0 Å². The number of benzene rings is 1. The highest BCUT2D eigenvalue weighted by Crippen LogP contribution is 2.10. The van der Waals surface area contributed by atoms with Gasteiger partial charge in [-0.15, -0.1) is 0 Å². The monoisotopic (exact) mass is 220 g/mol. The van der Waals surface area contributed by atoms with Gasteiger partial charge in [0.25, 0.3) is 0 Å². The Bertz CT molecular complexity index is 379. The molecule has 3 N–H and O–H groups in total. The number of amides is 1. The van der Waals surface area contributed by atoms with Gasteiger partial charge < -0.3 is 15.7 Å². The number of nitrogens with one attached hydrogen (secondary N) is 2. The minimum Gasteiger partial charge on any atom is -0.508 e. The molecule has 0 aromatic heterocycles. The summed E-state index contributed by atoms with van der Waals surface area (Å²) < 4.78 is 0. The Morgan fingerprint density at radius 3 is 3.06 bits per heavy atom. The molecule has 0 radical (unpaired) electrons. The molecule has 1 aromatic rings. The predicted octanol–water partition coefficient (Wildman–Crippen LogP) is 0.760. The fraction of sp³-hybridized carbons (Fsp3) is 0.417. The lowest BCUT2D eigenvalue weighted by molar-refractivity contribution is -0.119. The molecular formula is C12H16N2O2. The first-order valence-electron chi connectivity index (χ1n) is 5.52. The molecule has 1 amide bonds. The predicted molar refractivity (Wildman–Crippen MR) is 61.0 cm³/mol. The Balaban J connectivity index is 1.74. The van der Waals surface area contributed by atoms with E-state index in [4.69, 9.17) is 0 Å². The Hall–Kier alpha value is -1.55. The van der Waals surface area contributed by atoms with Gasteiger partial charge in [0.05, 0.1) is 0 Å². The van der Waals surface area contributed by atoms with Gasteiger partial charge >= 0.3 is 0 Å². The van der Waals surface area contributed by atoms with E-state index in [9.17, 15) is 9.90 Å². The second-order valence-electron chi connectivity index (χ2n) is 4.10. The molecule has 1 unspecified atom stereocenters. The zero-order valence-corrected chi connectivity index (χ0v) is 9.07. The van der Waals surface area contributed by atoms with Crippen LogP contribution < -0.4 is 10.6 Å². The van der Waals surface area contributed by atoms with Gasteiger partial charge in [-0.2, -0.15) is 0 Å². The van der Waals surface area contributed by atoms with E-state index in [1.807, 2.05) is 12.1 Å². The maximum atomic E-state index is 11.0. The molecule has 0 aliphatic carbocycles. The van der Waals surface area contributed by atoms with Crippen LogP contribution in [0.2, 0.25) is 0 Å². The van der Waals surface area contributed by atoms with E-state index in [0.29, 0.717) is 13.0 Å². The minimum atomic E-state index is 0.143. The van der Waals surface area contributed by atoms with Gasteiger partial charge in [0, 0.05) is 25.6 Å². The van der Waals surface area contributed by atoms with E-state index in [2.05, 4.69) is 10.6 Å². The molecule has 1 fully saturated rings. The van der Waals surface area contributed by atoms with Gasteiger partial charge in [-0.1, -0.05) is 12.1 Å². The molecule has 0 saturated carbocycles. The van der Waals surface area contributed by atoms with E-state index in [-0.39, 0.29) is 17.7 Å². The molecule has 1 aromatic carbocycles. The van der Waals surface area contributed by atoms with Crippen molar-refractivity contribution in [3.8, 4) is 5.75 Å². The molecule has 4 nitrogen and oxygen atoms in total. The number of hydrogen-bond acceptors (Lipinski definition) is 3. The fourth-order valence-corrected chi connectivity index (χ4v) is 1.89. The van der Waals surface area contributed by atoms with Crippen LogP contribution in [0.3, 0.4) is 0 Å². The normalized spacial score (nSPS) is 19.8. The van der Waals surface area contributed by atoms with Crippen LogP contribution in [0, 0.1) is 0 Å². The van der Waals surface area contributed by atoms with Crippen LogP contribution in [0.25, 0.3) is 0 Å². The molecule has 2 rings (SSSR count). The quantitative estimate of drug-likeness (QED) is 0.702. The van der Waals surface area contributed by atoms with Crippen molar-refractivity contribution in [1.82, 2.24) is 10.6 Å². The molecule has 1 atom stereocenters. The zero-order valence-electron chi connectivity index (χ0n) is 9.07. The number of hydrogen-bond donors (Lipinski definition) is 3. The number of carbonyl (C=O) groups excluding carboxylic acids is 1. The van der Waals surface area contributed by atoms with Crippen LogP contribution in [0.4, 0.5) is 0 Å². The van der Waals surface area contributed by atoms with Gasteiger partial charge in [-0.05, 0) is 24.1 Å². The number of rotatable bonds is 4. The van der Waals surface area contributed by atoms with Crippen molar-refractivity contribution in [2.24, 2.45) is 0 Å². The van der Waals surface area contributed by atoms with Crippen molar-refractivity contribution in [3.05, 3.63) is 29.8 Å². The number of phenolic OH excluding ortho intramolecular Hbond substituents is 1. The first-order chi connectivity index (χ1) is 7.74. The second kappa shape index (κ2) is 4.99. The van der Waals surface area contributed by atoms with E-state index in [1.165, 1.54) is 0 Å². The van der Waals surface area contributed by atoms with Crippen molar-refractivity contribution in [3.63, 3.8) is 0 Å². The van der Waals surface area contributed by atoms with Gasteiger partial charge in [0.15, 0.2) is 0 Å². The zero-order chi connectivity index (χ0) is 11.4. The van der Waals surface area contributed by atoms with Gasteiger partial charge in [0.2, 0.25) is 5.91 Å². The molecule has 0 spiro atoms. The number of phenols is 1. The summed E-state index contributed by atoms with van der Waals surface area (Å²) in [7, 11) is 0. The van der Waals surface area contributed by atoms with Crippen LogP contribution in [-0.4, -0.2) is 23.6 Å². The highest BCUT2D eigenvalue weighted by molar-refractivity contribution is 5.78. The first-order valence-corrected chi connectivity index (χ1v) is 5.52. The lowest BCUT2D eigenvalue weighted by atomic mass is 10.2. The molecule has 86 valence electrons. The van der Waals surface area contributed by atoms with Crippen LogP contribution in [0.15, 0.2) is 24.3 Å². The topological polar surface area (TPSA) is 61.4 Å². The third kappa shape index (κ3) is 2.97. The van der Waals surface area contributed by atoms with Crippen molar-refractivity contribution < 1.29 is 9.90 Å². The van der Waals surface area contributed by atoms with Gasteiger partial charge in [0.1, 0.15) is 5.75 Å². The van der Waals surface area contributed by atoms with E-state index in [0.717, 1.165) is 18.5 Å². The molecule has 0 bridgehead atoms. The van der Waals surface area contributed by atoms with Crippen LogP contribution in [-0.2, 0) is 11.3 Å². The Morgan fingerprint density at radius 2 is 2.38 bits per heavy atom. The molecule has 1 heterocycles. The SMILES string of the molecule is O=C1CCC(CNCc2cccc(O)c2)N1. The average Bonchev–Trinajstić information content (AvgIpc) is 2.64. The summed E-state index contributed by atoms with van der Waals surface area (Å²) in [4.78, 5) is 11.0. The van der Waals surface area contributed by atoms with Crippen LogP contribution in [0.1, 0.15) is 18.4 Å². The molecule has 16 heavy (non-hydrogen) atoms. The third-order valence-electron chi connectivity index (χ3n) is 2.72. The summed E-state index contributed by atoms with van der Waals surface area (Å²) in [6.07, 6.45) is 1.55. The third-order valence-corrected chi connectivity index (χ3v) is 2.72.